The Balaban J connectivity index is 1.32. The lowest BCUT2D eigenvalue weighted by Crippen LogP contribution is -2.60. The lowest BCUT2D eigenvalue weighted by molar-refractivity contribution is -0.262. The quantitative estimate of drug-likeness (QED) is 0.375. The minimum absolute atomic E-state index is 0.292. The molecular weight excluding hydrogens is 452 g/mol. The molecule has 0 unspecified atom stereocenters. The van der Waals surface area contributed by atoms with E-state index in [2.05, 4.69) is 12.1 Å². The molecule has 0 amide bonds. The molecule has 3 aromatic carbocycles. The monoisotopic (exact) mass is 488 g/mol. The summed E-state index contributed by atoms with van der Waals surface area (Å²) in [6.45, 7) is 1.68. The first-order chi connectivity index (χ1) is 17.8. The second-order valence-corrected chi connectivity index (χ2v) is 9.91. The number of hydrogen-bond acceptors (Lipinski definition) is 5. The van der Waals surface area contributed by atoms with E-state index >= 15 is 0 Å². The van der Waals surface area contributed by atoms with Crippen molar-refractivity contribution in [1.29, 1.82) is 0 Å². The maximum atomic E-state index is 11.4. The van der Waals surface area contributed by atoms with Gasteiger partial charge in [-0.3, -0.25) is 0 Å². The summed E-state index contributed by atoms with van der Waals surface area (Å²) < 4.78 is 25.4. The lowest BCUT2D eigenvalue weighted by atomic mass is 9.91. The van der Waals surface area contributed by atoms with Gasteiger partial charge in [0.05, 0.1) is 32.5 Å². The number of rotatable bonds is 12. The number of aliphatic hydroxyl groups is 1. The predicted octanol–water partition coefficient (Wildman–Crippen LogP) is 5.30. The molecule has 3 aromatic rings. The summed E-state index contributed by atoms with van der Waals surface area (Å²) in [5.74, 6) is 0.618. The maximum absolute atomic E-state index is 11.4. The Morgan fingerprint density at radius 3 is 1.67 bits per heavy atom. The Hall–Kier alpha value is -2.54. The van der Waals surface area contributed by atoms with Gasteiger partial charge >= 0.3 is 0 Å². The van der Waals surface area contributed by atoms with Crippen molar-refractivity contribution in [2.24, 2.45) is 5.92 Å². The maximum Gasteiger partial charge on any atom is 0.115 e. The fourth-order valence-corrected chi connectivity index (χ4v) is 4.81. The highest BCUT2D eigenvalue weighted by molar-refractivity contribution is 5.15. The van der Waals surface area contributed by atoms with Gasteiger partial charge in [0, 0.05) is 0 Å². The molecule has 5 heteroatoms. The topological polar surface area (TPSA) is 57.2 Å². The van der Waals surface area contributed by atoms with Gasteiger partial charge in [0.25, 0.3) is 0 Å². The number of benzene rings is 3. The van der Waals surface area contributed by atoms with Crippen LogP contribution < -0.4 is 0 Å². The Morgan fingerprint density at radius 1 is 0.639 bits per heavy atom. The highest BCUT2D eigenvalue weighted by Crippen LogP contribution is 2.38. The van der Waals surface area contributed by atoms with Gasteiger partial charge in [0.1, 0.15) is 24.4 Å². The number of ether oxygens (including phenoxy) is 4. The van der Waals surface area contributed by atoms with Crippen LogP contribution >= 0.6 is 0 Å². The largest absolute Gasteiger partial charge is 0.388 e. The Bertz CT molecular complexity index is 1020. The fourth-order valence-electron chi connectivity index (χ4n) is 4.81. The van der Waals surface area contributed by atoms with Gasteiger partial charge in [-0.25, -0.2) is 0 Å². The van der Waals surface area contributed by atoms with E-state index in [1.54, 1.807) is 0 Å². The molecule has 0 bridgehead atoms. The first-order valence-corrected chi connectivity index (χ1v) is 13.0. The second kappa shape index (κ2) is 12.6. The third kappa shape index (κ3) is 7.02. The Kier molecular flexibility index (Phi) is 8.81. The van der Waals surface area contributed by atoms with Crippen molar-refractivity contribution in [1.82, 2.24) is 0 Å². The van der Waals surface area contributed by atoms with E-state index in [0.717, 1.165) is 23.1 Å². The van der Waals surface area contributed by atoms with E-state index in [1.165, 1.54) is 12.8 Å². The molecule has 190 valence electrons. The molecule has 1 N–H and O–H groups in total. The van der Waals surface area contributed by atoms with Crippen molar-refractivity contribution in [2.45, 2.75) is 69.6 Å². The van der Waals surface area contributed by atoms with Gasteiger partial charge in [-0.2, -0.15) is 0 Å². The van der Waals surface area contributed by atoms with Crippen molar-refractivity contribution in [3.05, 3.63) is 108 Å². The molecule has 1 saturated carbocycles. The van der Waals surface area contributed by atoms with E-state index in [4.69, 9.17) is 18.9 Å². The van der Waals surface area contributed by atoms with Crippen LogP contribution in [0.1, 0.15) is 36.0 Å². The standard InChI is InChI=1S/C31H36O5/c32-29-27(18-23-16-17-23)36-28(22-33-19-24-10-4-1-5-11-24)30(34-20-25-12-6-2-7-13-25)31(29)35-21-26-14-8-3-9-15-26/h1-15,23,27-32H,16-22H2/t27-,28+,29-,30+,31+/m0/s1. The molecule has 1 heterocycles. The van der Waals surface area contributed by atoms with Crippen LogP contribution in [0.2, 0.25) is 0 Å². The highest BCUT2D eigenvalue weighted by atomic mass is 16.6. The molecule has 5 nitrogen and oxygen atoms in total. The Labute approximate surface area is 214 Å². The van der Waals surface area contributed by atoms with Crippen LogP contribution in [0.25, 0.3) is 0 Å². The molecular formula is C31H36O5. The van der Waals surface area contributed by atoms with Crippen molar-refractivity contribution in [2.75, 3.05) is 6.61 Å². The average Bonchev–Trinajstić information content (AvgIpc) is 3.75. The third-order valence-corrected chi connectivity index (χ3v) is 6.98. The second-order valence-electron chi connectivity index (χ2n) is 9.91. The molecule has 5 atom stereocenters. The van der Waals surface area contributed by atoms with Crippen LogP contribution in [0.4, 0.5) is 0 Å². The van der Waals surface area contributed by atoms with Crippen LogP contribution in [0.3, 0.4) is 0 Å². The summed E-state index contributed by atoms with van der Waals surface area (Å²) in [5, 5.41) is 11.4. The highest BCUT2D eigenvalue weighted by Gasteiger charge is 2.48. The van der Waals surface area contributed by atoms with Crippen molar-refractivity contribution in [3.8, 4) is 0 Å². The predicted molar refractivity (Wildman–Crippen MR) is 138 cm³/mol. The zero-order valence-electron chi connectivity index (χ0n) is 20.7. The van der Waals surface area contributed by atoms with Crippen molar-refractivity contribution >= 4 is 0 Å². The summed E-state index contributed by atoms with van der Waals surface area (Å²) in [6, 6.07) is 30.3. The molecule has 5 rings (SSSR count). The van der Waals surface area contributed by atoms with Crippen molar-refractivity contribution in [3.63, 3.8) is 0 Å². The minimum Gasteiger partial charge on any atom is -0.388 e. The van der Waals surface area contributed by atoms with Crippen LogP contribution in [-0.2, 0) is 38.8 Å². The average molecular weight is 489 g/mol. The van der Waals surface area contributed by atoms with Crippen molar-refractivity contribution < 1.29 is 24.1 Å². The van der Waals surface area contributed by atoms with E-state index in [1.807, 2.05) is 78.9 Å². The smallest absolute Gasteiger partial charge is 0.115 e. The molecule has 2 fully saturated rings. The van der Waals surface area contributed by atoms with Crippen LogP contribution in [0, 0.1) is 5.92 Å². The third-order valence-electron chi connectivity index (χ3n) is 6.98. The number of aliphatic hydroxyl groups excluding tert-OH is 1. The van der Waals surface area contributed by atoms with Gasteiger partial charge in [0.15, 0.2) is 0 Å². The zero-order valence-corrected chi connectivity index (χ0v) is 20.7. The van der Waals surface area contributed by atoms with Gasteiger partial charge in [-0.1, -0.05) is 104 Å². The van der Waals surface area contributed by atoms with E-state index in [-0.39, 0.29) is 12.2 Å². The van der Waals surface area contributed by atoms with E-state index < -0.39 is 18.3 Å². The lowest BCUT2D eigenvalue weighted by Gasteiger charge is -2.44. The summed E-state index contributed by atoms with van der Waals surface area (Å²) in [5.41, 5.74) is 3.24. The molecule has 36 heavy (non-hydrogen) atoms. The fraction of sp³-hybridized carbons (Fsp3) is 0.419. The van der Waals surface area contributed by atoms with Gasteiger partial charge in [-0.05, 0) is 29.0 Å². The molecule has 0 aromatic heterocycles. The minimum atomic E-state index is -0.763. The first kappa shape index (κ1) is 25.1. The summed E-state index contributed by atoms with van der Waals surface area (Å²) in [6.07, 6.45) is 0.863. The SMILES string of the molecule is O[C@@H]1[C@@H](OCc2ccccc2)[C@H](OCc2ccccc2)[C@@H](COCc2ccccc2)O[C@H]1CC1CC1. The zero-order chi connectivity index (χ0) is 24.6. The van der Waals surface area contributed by atoms with Crippen LogP contribution in [0.5, 0.6) is 0 Å². The Morgan fingerprint density at radius 2 is 1.14 bits per heavy atom. The molecule has 2 aliphatic rings. The first-order valence-electron chi connectivity index (χ1n) is 13.0. The normalized spacial score (nSPS) is 26.1. The molecule has 1 aliphatic heterocycles. The van der Waals surface area contributed by atoms with Gasteiger partial charge in [0.2, 0.25) is 0 Å². The summed E-state index contributed by atoms with van der Waals surface area (Å²) in [7, 11) is 0. The van der Waals surface area contributed by atoms with Crippen LogP contribution in [0.15, 0.2) is 91.0 Å². The molecule has 1 aliphatic carbocycles. The van der Waals surface area contributed by atoms with Gasteiger partial charge < -0.3 is 24.1 Å². The van der Waals surface area contributed by atoms with Gasteiger partial charge in [-0.15, -0.1) is 0 Å². The molecule has 1 saturated heterocycles. The van der Waals surface area contributed by atoms with E-state index in [9.17, 15) is 5.11 Å². The summed E-state index contributed by atoms with van der Waals surface area (Å²) in [4.78, 5) is 0. The molecule has 0 spiro atoms. The molecule has 0 radical (unpaired) electrons. The summed E-state index contributed by atoms with van der Waals surface area (Å²) >= 11 is 0. The van der Waals surface area contributed by atoms with E-state index in [0.29, 0.717) is 32.3 Å². The number of hydrogen-bond donors (Lipinski definition) is 1. The van der Waals surface area contributed by atoms with Crippen LogP contribution in [-0.4, -0.2) is 42.2 Å².